The summed E-state index contributed by atoms with van der Waals surface area (Å²) >= 11 is 1.40. The summed E-state index contributed by atoms with van der Waals surface area (Å²) in [5.74, 6) is -0.0274. The summed E-state index contributed by atoms with van der Waals surface area (Å²) in [6.07, 6.45) is 6.93. The number of hydrogen-bond donors (Lipinski definition) is 1. The third kappa shape index (κ3) is 3.71. The molecule has 0 saturated heterocycles. The number of aromatic nitrogens is 3. The fraction of sp³-hybridized carbons (Fsp3) is 0.167. The number of hydrogen-bond acceptors (Lipinski definition) is 4. The highest BCUT2D eigenvalue weighted by Gasteiger charge is 2.23. The number of halogens is 1. The molecule has 5 nitrogen and oxygen atoms in total. The molecule has 0 aliphatic heterocycles. The summed E-state index contributed by atoms with van der Waals surface area (Å²) in [7, 11) is 1.83. The number of pyridine rings is 1. The number of carbonyl (C=O) groups is 1. The van der Waals surface area contributed by atoms with E-state index in [1.807, 2.05) is 13.3 Å². The van der Waals surface area contributed by atoms with Gasteiger partial charge >= 0.3 is 0 Å². The Balaban J connectivity index is 1.98. The van der Waals surface area contributed by atoms with E-state index in [0.717, 1.165) is 0 Å². The van der Waals surface area contributed by atoms with Gasteiger partial charge in [0.1, 0.15) is 22.7 Å². The van der Waals surface area contributed by atoms with Crippen LogP contribution in [0.4, 0.5) is 4.39 Å². The van der Waals surface area contributed by atoms with Crippen molar-refractivity contribution in [1.82, 2.24) is 19.9 Å². The van der Waals surface area contributed by atoms with Crippen molar-refractivity contribution in [3.8, 4) is 0 Å². The molecule has 1 N–H and O–H groups in total. The second kappa shape index (κ2) is 7.48. The highest BCUT2D eigenvalue weighted by atomic mass is 32.2. The van der Waals surface area contributed by atoms with E-state index in [4.69, 9.17) is 0 Å². The fourth-order valence-electron chi connectivity index (χ4n) is 2.57. The van der Waals surface area contributed by atoms with Gasteiger partial charge in [0.15, 0.2) is 0 Å². The van der Waals surface area contributed by atoms with E-state index in [0.29, 0.717) is 22.0 Å². The van der Waals surface area contributed by atoms with Crippen LogP contribution in [0.3, 0.4) is 0 Å². The van der Waals surface area contributed by atoms with Gasteiger partial charge in [0.05, 0.1) is 5.56 Å². The number of thioether (sulfide) groups is 1. The molecule has 0 aliphatic carbocycles. The Kier molecular flexibility index (Phi) is 5.14. The molecule has 0 aliphatic rings. The number of carbonyl (C=O) groups excluding carboxylic acids is 1. The molecule has 0 saturated carbocycles. The van der Waals surface area contributed by atoms with Gasteiger partial charge < -0.3 is 9.88 Å². The third-order valence-electron chi connectivity index (χ3n) is 3.78. The predicted octanol–water partition coefficient (Wildman–Crippen LogP) is 3.20. The monoisotopic (exact) mass is 356 g/mol. The fourth-order valence-corrected chi connectivity index (χ4v) is 3.12. The number of nitrogens with zero attached hydrogens (tertiary/aromatic N) is 3. The van der Waals surface area contributed by atoms with E-state index in [1.54, 1.807) is 47.4 Å². The normalized spacial score (nSPS) is 12.0. The molecule has 0 bridgehead atoms. The molecule has 3 rings (SSSR count). The molecule has 2 heterocycles. The van der Waals surface area contributed by atoms with Crippen molar-refractivity contribution < 1.29 is 9.18 Å². The van der Waals surface area contributed by atoms with Gasteiger partial charge in [-0.05, 0) is 36.1 Å². The van der Waals surface area contributed by atoms with E-state index in [9.17, 15) is 9.18 Å². The Hall–Kier alpha value is -2.67. The Labute approximate surface area is 149 Å². The van der Waals surface area contributed by atoms with Crippen molar-refractivity contribution >= 4 is 17.7 Å². The Morgan fingerprint density at radius 3 is 2.76 bits per heavy atom. The highest BCUT2D eigenvalue weighted by molar-refractivity contribution is 7.98. The number of nitrogens with one attached hydrogen (secondary N) is 1. The first-order chi connectivity index (χ1) is 12.1. The van der Waals surface area contributed by atoms with E-state index < -0.39 is 6.04 Å². The minimum atomic E-state index is -0.571. The van der Waals surface area contributed by atoms with Gasteiger partial charge in [0, 0.05) is 25.6 Å². The zero-order valence-electron chi connectivity index (χ0n) is 13.8. The third-order valence-corrected chi connectivity index (χ3v) is 4.50. The van der Waals surface area contributed by atoms with Crippen molar-refractivity contribution in [2.45, 2.75) is 11.1 Å². The molecule has 3 aromatic rings. The highest BCUT2D eigenvalue weighted by Crippen LogP contribution is 2.23. The number of rotatable bonds is 5. The molecule has 7 heteroatoms. The summed E-state index contributed by atoms with van der Waals surface area (Å²) in [5.41, 5.74) is 1.10. The SMILES string of the molecule is CSc1ncccc1C(=O)N[C@@H](c1cccc(F)c1)c1nccn1C. The van der Waals surface area contributed by atoms with Gasteiger partial charge in [-0.3, -0.25) is 4.79 Å². The first-order valence-electron chi connectivity index (χ1n) is 7.62. The Morgan fingerprint density at radius 1 is 1.24 bits per heavy atom. The van der Waals surface area contributed by atoms with Gasteiger partial charge in [-0.25, -0.2) is 14.4 Å². The van der Waals surface area contributed by atoms with Crippen LogP contribution >= 0.6 is 11.8 Å². The molecule has 0 unspecified atom stereocenters. The summed E-state index contributed by atoms with van der Waals surface area (Å²) in [6, 6.07) is 9.01. The summed E-state index contributed by atoms with van der Waals surface area (Å²) in [4.78, 5) is 21.3. The van der Waals surface area contributed by atoms with Crippen LogP contribution in [0.15, 0.2) is 60.0 Å². The average molecular weight is 356 g/mol. The molecule has 0 radical (unpaired) electrons. The molecule has 25 heavy (non-hydrogen) atoms. The van der Waals surface area contributed by atoms with Crippen LogP contribution < -0.4 is 5.32 Å². The van der Waals surface area contributed by atoms with Gasteiger partial charge in [-0.2, -0.15) is 0 Å². The maximum absolute atomic E-state index is 13.7. The lowest BCUT2D eigenvalue weighted by atomic mass is 10.1. The smallest absolute Gasteiger partial charge is 0.254 e. The number of amides is 1. The van der Waals surface area contributed by atoms with E-state index in [1.165, 1.54) is 23.9 Å². The van der Waals surface area contributed by atoms with Crippen molar-refractivity contribution in [2.24, 2.45) is 7.05 Å². The minimum Gasteiger partial charge on any atom is -0.338 e. The second-order valence-electron chi connectivity index (χ2n) is 5.42. The van der Waals surface area contributed by atoms with Gasteiger partial charge in [-0.1, -0.05) is 12.1 Å². The second-order valence-corrected chi connectivity index (χ2v) is 6.21. The molecule has 128 valence electrons. The van der Waals surface area contributed by atoms with Crippen LogP contribution in [0.25, 0.3) is 0 Å². The first kappa shape index (κ1) is 17.2. The van der Waals surface area contributed by atoms with Gasteiger partial charge in [0.2, 0.25) is 0 Å². The number of aryl methyl sites for hydroxylation is 1. The standard InChI is InChI=1S/C18H17FN4OS/c1-23-10-9-20-16(23)15(12-5-3-6-13(19)11-12)22-17(24)14-7-4-8-21-18(14)25-2/h3-11,15H,1-2H3,(H,22,24)/t15-/m0/s1. The summed E-state index contributed by atoms with van der Waals surface area (Å²) in [5, 5.41) is 3.59. The van der Waals surface area contributed by atoms with E-state index in [2.05, 4.69) is 15.3 Å². The molecular formula is C18H17FN4OS. The van der Waals surface area contributed by atoms with Crippen molar-refractivity contribution in [3.05, 3.63) is 77.8 Å². The molecule has 0 fully saturated rings. The van der Waals surface area contributed by atoms with Crippen LogP contribution in [0.1, 0.15) is 27.8 Å². The number of benzene rings is 1. The topological polar surface area (TPSA) is 59.8 Å². The molecule has 1 aromatic carbocycles. The van der Waals surface area contributed by atoms with Crippen LogP contribution in [-0.4, -0.2) is 26.7 Å². The zero-order chi connectivity index (χ0) is 17.8. The quantitative estimate of drug-likeness (QED) is 0.713. The van der Waals surface area contributed by atoms with Crippen LogP contribution in [-0.2, 0) is 7.05 Å². The van der Waals surface area contributed by atoms with Crippen molar-refractivity contribution in [1.29, 1.82) is 0 Å². The van der Waals surface area contributed by atoms with Crippen molar-refractivity contribution in [3.63, 3.8) is 0 Å². The molecule has 1 amide bonds. The lowest BCUT2D eigenvalue weighted by Gasteiger charge is -2.20. The Bertz CT molecular complexity index is 896. The molecule has 2 aromatic heterocycles. The maximum atomic E-state index is 13.7. The summed E-state index contributed by atoms with van der Waals surface area (Å²) in [6.45, 7) is 0. The lowest BCUT2D eigenvalue weighted by molar-refractivity contribution is 0.0937. The number of imidazole rings is 1. The summed E-state index contributed by atoms with van der Waals surface area (Å²) < 4.78 is 15.5. The van der Waals surface area contributed by atoms with Crippen molar-refractivity contribution in [2.75, 3.05) is 6.26 Å². The maximum Gasteiger partial charge on any atom is 0.254 e. The Morgan fingerprint density at radius 2 is 2.08 bits per heavy atom. The molecular weight excluding hydrogens is 339 g/mol. The lowest BCUT2D eigenvalue weighted by Crippen LogP contribution is -2.31. The van der Waals surface area contributed by atoms with Crippen LogP contribution in [0, 0.1) is 5.82 Å². The van der Waals surface area contributed by atoms with Crippen LogP contribution in [0.5, 0.6) is 0 Å². The molecule has 0 spiro atoms. The van der Waals surface area contributed by atoms with Gasteiger partial charge in [0.25, 0.3) is 5.91 Å². The molecule has 1 atom stereocenters. The van der Waals surface area contributed by atoms with Gasteiger partial charge in [-0.15, -0.1) is 11.8 Å². The van der Waals surface area contributed by atoms with E-state index >= 15 is 0 Å². The zero-order valence-corrected chi connectivity index (χ0v) is 14.6. The van der Waals surface area contributed by atoms with Crippen LogP contribution in [0.2, 0.25) is 0 Å². The van der Waals surface area contributed by atoms with E-state index in [-0.39, 0.29) is 11.7 Å². The minimum absolute atomic E-state index is 0.283. The largest absolute Gasteiger partial charge is 0.338 e. The predicted molar refractivity (Wildman–Crippen MR) is 94.9 cm³/mol. The average Bonchev–Trinajstić information content (AvgIpc) is 3.05. The first-order valence-corrected chi connectivity index (χ1v) is 8.85.